The molecular formula is C9H8BrNO2S. The molecule has 0 amide bonds. The number of hydrogen-bond donors (Lipinski definition) is 0. The first-order valence-electron chi connectivity index (χ1n) is 3.92. The lowest BCUT2D eigenvalue weighted by Crippen LogP contribution is -2.06. The summed E-state index contributed by atoms with van der Waals surface area (Å²) in [5, 5.41) is 8.32. The third-order valence-electron chi connectivity index (χ3n) is 1.65. The summed E-state index contributed by atoms with van der Waals surface area (Å²) in [6.07, 6.45) is 0.0175. The van der Waals surface area contributed by atoms with Crippen LogP contribution in [-0.4, -0.2) is 14.2 Å². The third kappa shape index (κ3) is 2.56. The van der Waals surface area contributed by atoms with E-state index >= 15 is 0 Å². The number of nitriles is 1. The molecule has 0 aliphatic carbocycles. The van der Waals surface area contributed by atoms with Crippen molar-refractivity contribution in [1.29, 1.82) is 5.26 Å². The van der Waals surface area contributed by atoms with Crippen LogP contribution >= 0.6 is 15.9 Å². The van der Waals surface area contributed by atoms with Crippen LogP contribution in [-0.2, 0) is 9.84 Å². The van der Waals surface area contributed by atoms with Gasteiger partial charge in [0.2, 0.25) is 0 Å². The van der Waals surface area contributed by atoms with Crippen LogP contribution in [0.15, 0.2) is 33.6 Å². The van der Waals surface area contributed by atoms with Gasteiger partial charge in [0.05, 0.1) is 16.7 Å². The fourth-order valence-electron chi connectivity index (χ4n) is 0.987. The number of benzene rings is 1. The second kappa shape index (κ2) is 4.58. The Hall–Kier alpha value is -0.860. The van der Waals surface area contributed by atoms with Gasteiger partial charge in [-0.3, -0.25) is 0 Å². The van der Waals surface area contributed by atoms with Crippen LogP contribution in [0.4, 0.5) is 0 Å². The predicted octanol–water partition coefficient (Wildman–Crippen LogP) is 2.14. The predicted molar refractivity (Wildman–Crippen MR) is 56.4 cm³/mol. The second-order valence-corrected chi connectivity index (χ2v) is 5.59. The molecule has 0 spiro atoms. The van der Waals surface area contributed by atoms with Gasteiger partial charge < -0.3 is 0 Å². The van der Waals surface area contributed by atoms with E-state index in [1.165, 1.54) is 6.07 Å². The van der Waals surface area contributed by atoms with Gasteiger partial charge in [-0.1, -0.05) is 12.1 Å². The third-order valence-corrected chi connectivity index (χ3v) is 4.38. The Balaban J connectivity index is 3.06. The van der Waals surface area contributed by atoms with E-state index in [-0.39, 0.29) is 17.1 Å². The summed E-state index contributed by atoms with van der Waals surface area (Å²) in [4.78, 5) is 0.246. The lowest BCUT2D eigenvalue weighted by Gasteiger charge is -2.03. The van der Waals surface area contributed by atoms with E-state index in [1.807, 2.05) is 6.07 Å². The Morgan fingerprint density at radius 1 is 1.36 bits per heavy atom. The highest BCUT2D eigenvalue weighted by Crippen LogP contribution is 2.22. The van der Waals surface area contributed by atoms with E-state index in [2.05, 4.69) is 15.9 Å². The van der Waals surface area contributed by atoms with Crippen LogP contribution in [0.25, 0.3) is 0 Å². The summed E-state index contributed by atoms with van der Waals surface area (Å²) in [7, 11) is -3.32. The number of rotatable bonds is 3. The molecule has 0 saturated carbocycles. The van der Waals surface area contributed by atoms with Gasteiger partial charge in [0.25, 0.3) is 0 Å². The first-order valence-corrected chi connectivity index (χ1v) is 6.36. The highest BCUT2D eigenvalue weighted by atomic mass is 79.9. The minimum absolute atomic E-state index is 0.0175. The van der Waals surface area contributed by atoms with Gasteiger partial charge in [-0.05, 0) is 28.1 Å². The molecule has 0 fully saturated rings. The first kappa shape index (κ1) is 11.2. The summed E-state index contributed by atoms with van der Waals surface area (Å²) < 4.78 is 23.8. The zero-order valence-corrected chi connectivity index (χ0v) is 9.68. The highest BCUT2D eigenvalue weighted by Gasteiger charge is 2.16. The van der Waals surface area contributed by atoms with Crippen LogP contribution in [0, 0.1) is 11.3 Å². The summed E-state index contributed by atoms with van der Waals surface area (Å²) in [5.74, 6) is -0.133. The fourth-order valence-corrected chi connectivity index (χ4v) is 3.24. The standard InChI is InChI=1S/C9H8BrNO2S/c10-8-4-1-2-5-9(8)14(12,13)7-3-6-11/h1-2,4-5H,3,7H2. The first-order chi connectivity index (χ1) is 6.58. The summed E-state index contributed by atoms with van der Waals surface area (Å²) in [6, 6.07) is 8.41. The fraction of sp³-hybridized carbons (Fsp3) is 0.222. The van der Waals surface area contributed by atoms with E-state index in [0.29, 0.717) is 4.47 Å². The molecule has 1 rings (SSSR count). The number of hydrogen-bond acceptors (Lipinski definition) is 3. The largest absolute Gasteiger partial charge is 0.224 e. The van der Waals surface area contributed by atoms with E-state index in [1.54, 1.807) is 18.2 Å². The molecule has 0 unspecified atom stereocenters. The molecule has 0 saturated heterocycles. The second-order valence-electron chi connectivity index (χ2n) is 2.66. The van der Waals surface area contributed by atoms with Gasteiger partial charge in [0.1, 0.15) is 0 Å². The number of halogens is 1. The molecule has 0 aromatic heterocycles. The maximum absolute atomic E-state index is 11.6. The Labute approximate surface area is 91.4 Å². The number of nitrogens with zero attached hydrogens (tertiary/aromatic N) is 1. The topological polar surface area (TPSA) is 57.9 Å². The molecule has 1 aromatic carbocycles. The van der Waals surface area contributed by atoms with Gasteiger partial charge in [-0.25, -0.2) is 8.42 Å². The normalized spacial score (nSPS) is 10.9. The lowest BCUT2D eigenvalue weighted by atomic mass is 10.4. The highest BCUT2D eigenvalue weighted by molar-refractivity contribution is 9.10. The van der Waals surface area contributed by atoms with E-state index in [9.17, 15) is 8.42 Å². The van der Waals surface area contributed by atoms with Crippen molar-refractivity contribution in [3.05, 3.63) is 28.7 Å². The van der Waals surface area contributed by atoms with Gasteiger partial charge in [0.15, 0.2) is 9.84 Å². The van der Waals surface area contributed by atoms with Crippen molar-refractivity contribution in [1.82, 2.24) is 0 Å². The van der Waals surface area contributed by atoms with Crippen molar-refractivity contribution < 1.29 is 8.42 Å². The molecule has 0 N–H and O–H groups in total. The molecule has 0 radical (unpaired) electrons. The zero-order valence-electron chi connectivity index (χ0n) is 7.27. The van der Waals surface area contributed by atoms with Crippen LogP contribution in [0.3, 0.4) is 0 Å². The van der Waals surface area contributed by atoms with Crippen molar-refractivity contribution >= 4 is 25.8 Å². The summed E-state index contributed by atoms with van der Waals surface area (Å²) in [6.45, 7) is 0. The Bertz CT molecular complexity index is 462. The van der Waals surface area contributed by atoms with Gasteiger partial charge in [-0.15, -0.1) is 0 Å². The van der Waals surface area contributed by atoms with E-state index < -0.39 is 9.84 Å². The monoisotopic (exact) mass is 273 g/mol. The van der Waals surface area contributed by atoms with Gasteiger partial charge in [-0.2, -0.15) is 5.26 Å². The molecule has 0 heterocycles. The minimum Gasteiger partial charge on any atom is -0.224 e. The average molecular weight is 274 g/mol. The molecular weight excluding hydrogens is 266 g/mol. The van der Waals surface area contributed by atoms with Gasteiger partial charge in [0, 0.05) is 10.9 Å². The molecule has 0 aliphatic heterocycles. The quantitative estimate of drug-likeness (QED) is 0.848. The van der Waals surface area contributed by atoms with E-state index in [4.69, 9.17) is 5.26 Å². The maximum atomic E-state index is 11.6. The van der Waals surface area contributed by atoms with Crippen molar-refractivity contribution in [3.63, 3.8) is 0 Å². The van der Waals surface area contributed by atoms with Crippen molar-refractivity contribution in [2.45, 2.75) is 11.3 Å². The smallest absolute Gasteiger partial charge is 0.180 e. The summed E-state index contributed by atoms with van der Waals surface area (Å²) >= 11 is 3.16. The average Bonchev–Trinajstić information content (AvgIpc) is 2.15. The van der Waals surface area contributed by atoms with Crippen LogP contribution in [0.2, 0.25) is 0 Å². The Morgan fingerprint density at radius 3 is 2.57 bits per heavy atom. The Kier molecular flexibility index (Phi) is 3.67. The van der Waals surface area contributed by atoms with Gasteiger partial charge >= 0.3 is 0 Å². The minimum atomic E-state index is -3.32. The molecule has 3 nitrogen and oxygen atoms in total. The Morgan fingerprint density at radius 2 is 2.00 bits per heavy atom. The van der Waals surface area contributed by atoms with Crippen molar-refractivity contribution in [2.75, 3.05) is 5.75 Å². The lowest BCUT2D eigenvalue weighted by molar-refractivity contribution is 0.595. The number of sulfone groups is 1. The van der Waals surface area contributed by atoms with E-state index in [0.717, 1.165) is 0 Å². The molecule has 14 heavy (non-hydrogen) atoms. The van der Waals surface area contributed by atoms with Crippen molar-refractivity contribution in [2.24, 2.45) is 0 Å². The summed E-state index contributed by atoms with van der Waals surface area (Å²) in [5.41, 5.74) is 0. The molecule has 0 aliphatic rings. The molecule has 5 heteroatoms. The van der Waals surface area contributed by atoms with Crippen LogP contribution in [0.1, 0.15) is 6.42 Å². The van der Waals surface area contributed by atoms with Crippen LogP contribution in [0.5, 0.6) is 0 Å². The zero-order chi connectivity index (χ0) is 10.6. The molecule has 74 valence electrons. The molecule has 0 atom stereocenters. The molecule has 0 bridgehead atoms. The SMILES string of the molecule is N#CCCS(=O)(=O)c1ccccc1Br. The maximum Gasteiger partial charge on any atom is 0.180 e. The van der Waals surface area contributed by atoms with Crippen molar-refractivity contribution in [3.8, 4) is 6.07 Å². The molecule has 1 aromatic rings. The van der Waals surface area contributed by atoms with Crippen LogP contribution < -0.4 is 0 Å².